The third kappa shape index (κ3) is 4.46. The lowest BCUT2D eigenvalue weighted by Crippen LogP contribution is -1.97. The molecule has 0 N–H and O–H groups in total. The van der Waals surface area contributed by atoms with Gasteiger partial charge in [-0.1, -0.05) is 31.2 Å². The topological polar surface area (TPSA) is 43.4 Å². The third-order valence-electron chi connectivity index (χ3n) is 3.01. The van der Waals surface area contributed by atoms with E-state index in [-0.39, 0.29) is 4.90 Å². The summed E-state index contributed by atoms with van der Waals surface area (Å²) in [5, 5.41) is 0. The average Bonchev–Trinajstić information content (AvgIpc) is 2.45. The van der Waals surface area contributed by atoms with E-state index in [1.54, 1.807) is 6.07 Å². The molecule has 0 atom stereocenters. The number of hydrogen-bond donors (Lipinski definition) is 0. The number of halogens is 2. The van der Waals surface area contributed by atoms with Crippen molar-refractivity contribution < 1.29 is 13.2 Å². The van der Waals surface area contributed by atoms with Crippen LogP contribution in [0.2, 0.25) is 0 Å². The second kappa shape index (κ2) is 6.81. The zero-order chi connectivity index (χ0) is 15.5. The predicted octanol–water partition coefficient (Wildman–Crippen LogP) is 4.52. The smallest absolute Gasteiger partial charge is 0.261 e. The molecule has 21 heavy (non-hydrogen) atoms. The third-order valence-corrected chi connectivity index (χ3v) is 4.98. The summed E-state index contributed by atoms with van der Waals surface area (Å²) in [5.41, 5.74) is 2.32. The summed E-state index contributed by atoms with van der Waals surface area (Å²) < 4.78 is 28.7. The Bertz CT molecular complexity index is 727. The number of aryl methyl sites for hydroxylation is 1. The molecule has 3 nitrogen and oxygen atoms in total. The fraction of sp³-hybridized carbons (Fsp3) is 0.200. The normalized spacial score (nSPS) is 11.4. The van der Waals surface area contributed by atoms with Crippen molar-refractivity contribution in [2.24, 2.45) is 0 Å². The maximum absolute atomic E-state index is 11.2. The lowest BCUT2D eigenvalue weighted by Gasteiger charge is -2.09. The van der Waals surface area contributed by atoms with Crippen LogP contribution in [0.3, 0.4) is 0 Å². The van der Waals surface area contributed by atoms with E-state index in [9.17, 15) is 8.42 Å². The van der Waals surface area contributed by atoms with Gasteiger partial charge in [0.15, 0.2) is 0 Å². The fourth-order valence-corrected chi connectivity index (χ4v) is 3.20. The van der Waals surface area contributed by atoms with E-state index >= 15 is 0 Å². The van der Waals surface area contributed by atoms with Crippen molar-refractivity contribution in [3.8, 4) is 5.75 Å². The van der Waals surface area contributed by atoms with E-state index in [4.69, 9.17) is 15.4 Å². The molecule has 0 spiro atoms. The largest absolute Gasteiger partial charge is 0.488 e. The number of benzene rings is 2. The van der Waals surface area contributed by atoms with Crippen molar-refractivity contribution in [1.29, 1.82) is 0 Å². The van der Waals surface area contributed by atoms with E-state index in [1.807, 2.05) is 12.1 Å². The summed E-state index contributed by atoms with van der Waals surface area (Å²) in [5.74, 6) is 0.568. The van der Waals surface area contributed by atoms with Gasteiger partial charge in [0.05, 0.1) is 9.37 Å². The van der Waals surface area contributed by atoms with Gasteiger partial charge in [-0.25, -0.2) is 8.42 Å². The molecule has 112 valence electrons. The summed E-state index contributed by atoms with van der Waals surface area (Å²) in [6.45, 7) is 2.52. The van der Waals surface area contributed by atoms with Crippen molar-refractivity contribution in [3.05, 3.63) is 58.1 Å². The lowest BCUT2D eigenvalue weighted by molar-refractivity contribution is 0.304. The summed E-state index contributed by atoms with van der Waals surface area (Å²) in [7, 11) is 1.56. The van der Waals surface area contributed by atoms with Crippen molar-refractivity contribution in [3.63, 3.8) is 0 Å². The molecule has 0 aliphatic heterocycles. The second-order valence-electron chi connectivity index (χ2n) is 4.49. The van der Waals surface area contributed by atoms with Crippen LogP contribution in [0.1, 0.15) is 18.1 Å². The van der Waals surface area contributed by atoms with E-state index in [2.05, 4.69) is 35.0 Å². The van der Waals surface area contributed by atoms with Gasteiger partial charge in [-0.3, -0.25) is 0 Å². The van der Waals surface area contributed by atoms with E-state index < -0.39 is 9.05 Å². The van der Waals surface area contributed by atoms with Crippen LogP contribution in [-0.2, 0) is 22.1 Å². The second-order valence-corrected chi connectivity index (χ2v) is 7.91. The van der Waals surface area contributed by atoms with Crippen LogP contribution < -0.4 is 4.74 Å². The highest BCUT2D eigenvalue weighted by Crippen LogP contribution is 2.29. The molecule has 2 aromatic carbocycles. The molecule has 0 bridgehead atoms. The first-order valence-electron chi connectivity index (χ1n) is 6.35. The van der Waals surface area contributed by atoms with Crippen LogP contribution in [0.5, 0.6) is 5.75 Å². The van der Waals surface area contributed by atoms with Gasteiger partial charge in [0, 0.05) is 10.7 Å². The molecule has 0 unspecified atom stereocenters. The minimum atomic E-state index is -3.73. The summed E-state index contributed by atoms with van der Waals surface area (Å²) >= 11 is 3.29. The van der Waals surface area contributed by atoms with Gasteiger partial charge < -0.3 is 4.74 Å². The molecule has 6 heteroatoms. The van der Waals surface area contributed by atoms with E-state index in [1.165, 1.54) is 17.7 Å². The Morgan fingerprint density at radius 2 is 1.71 bits per heavy atom. The molecular weight excluding hydrogens is 376 g/mol. The minimum absolute atomic E-state index is 0.0377. The van der Waals surface area contributed by atoms with Gasteiger partial charge in [0.2, 0.25) is 0 Å². The Labute approximate surface area is 137 Å². The van der Waals surface area contributed by atoms with Gasteiger partial charge in [-0.15, -0.1) is 0 Å². The van der Waals surface area contributed by atoms with Gasteiger partial charge >= 0.3 is 0 Å². The van der Waals surface area contributed by atoms with Crippen LogP contribution in [0.25, 0.3) is 0 Å². The molecule has 0 aliphatic carbocycles. The van der Waals surface area contributed by atoms with Gasteiger partial charge in [-0.05, 0) is 51.7 Å². The molecule has 2 aromatic rings. The molecule has 0 heterocycles. The zero-order valence-electron chi connectivity index (χ0n) is 11.3. The maximum atomic E-state index is 11.2. The van der Waals surface area contributed by atoms with Crippen molar-refractivity contribution in [2.75, 3.05) is 0 Å². The number of hydrogen-bond acceptors (Lipinski definition) is 3. The van der Waals surface area contributed by atoms with E-state index in [0.717, 1.165) is 12.0 Å². The van der Waals surface area contributed by atoms with Gasteiger partial charge in [0.1, 0.15) is 12.4 Å². The predicted molar refractivity (Wildman–Crippen MR) is 87.3 cm³/mol. The van der Waals surface area contributed by atoms with Crippen molar-refractivity contribution in [1.82, 2.24) is 0 Å². The minimum Gasteiger partial charge on any atom is -0.488 e. The maximum Gasteiger partial charge on any atom is 0.261 e. The van der Waals surface area contributed by atoms with Crippen molar-refractivity contribution in [2.45, 2.75) is 24.8 Å². The first-order chi connectivity index (χ1) is 9.90. The monoisotopic (exact) mass is 388 g/mol. The Morgan fingerprint density at radius 3 is 2.24 bits per heavy atom. The molecule has 0 amide bonds. The van der Waals surface area contributed by atoms with Crippen LogP contribution in [0.15, 0.2) is 51.8 Å². The quantitative estimate of drug-likeness (QED) is 0.706. The standard InChI is InChI=1S/C15H14BrClO3S/c1-2-11-3-5-12(6-4-11)10-20-15-8-7-13(9-14(15)16)21(17,18)19/h3-9H,2,10H2,1H3. The van der Waals surface area contributed by atoms with E-state index in [0.29, 0.717) is 16.8 Å². The molecule has 0 aliphatic rings. The molecule has 2 rings (SSSR count). The zero-order valence-corrected chi connectivity index (χ0v) is 14.5. The van der Waals surface area contributed by atoms with Crippen LogP contribution in [-0.4, -0.2) is 8.42 Å². The summed E-state index contributed by atoms with van der Waals surface area (Å²) in [6, 6.07) is 12.6. The molecule has 0 radical (unpaired) electrons. The molecule has 0 aromatic heterocycles. The summed E-state index contributed by atoms with van der Waals surface area (Å²) in [4.78, 5) is 0.0377. The van der Waals surface area contributed by atoms with Gasteiger partial charge in [-0.2, -0.15) is 0 Å². The Kier molecular flexibility index (Phi) is 5.30. The first kappa shape index (κ1) is 16.3. The number of ether oxygens (including phenoxy) is 1. The first-order valence-corrected chi connectivity index (χ1v) is 9.45. The Balaban J connectivity index is 2.09. The highest BCUT2D eigenvalue weighted by atomic mass is 79.9. The number of rotatable bonds is 5. The average molecular weight is 390 g/mol. The molecular formula is C15H14BrClO3S. The van der Waals surface area contributed by atoms with Crippen LogP contribution in [0, 0.1) is 0 Å². The lowest BCUT2D eigenvalue weighted by atomic mass is 10.1. The van der Waals surface area contributed by atoms with Crippen LogP contribution in [0.4, 0.5) is 0 Å². The van der Waals surface area contributed by atoms with Gasteiger partial charge in [0.25, 0.3) is 9.05 Å². The molecule has 0 saturated carbocycles. The highest BCUT2D eigenvalue weighted by molar-refractivity contribution is 9.10. The highest BCUT2D eigenvalue weighted by Gasteiger charge is 2.12. The van der Waals surface area contributed by atoms with Crippen molar-refractivity contribution >= 4 is 35.7 Å². The molecule has 0 fully saturated rings. The Morgan fingerprint density at radius 1 is 1.10 bits per heavy atom. The summed E-state index contributed by atoms with van der Waals surface area (Å²) in [6.07, 6.45) is 1.00. The Hall–Kier alpha value is -1.04. The molecule has 0 saturated heterocycles. The van der Waals surface area contributed by atoms with Crippen LogP contribution >= 0.6 is 26.6 Å². The fourth-order valence-electron chi connectivity index (χ4n) is 1.78. The SMILES string of the molecule is CCc1ccc(COc2ccc(S(=O)(=O)Cl)cc2Br)cc1.